The van der Waals surface area contributed by atoms with E-state index in [0.29, 0.717) is 24.8 Å². The monoisotopic (exact) mass is 482 g/mol. The van der Waals surface area contributed by atoms with E-state index >= 15 is 0 Å². The molecule has 3 aromatic rings. The number of ether oxygens (including phenoxy) is 2. The highest BCUT2D eigenvalue weighted by molar-refractivity contribution is 6.06. The number of amides is 1. The third-order valence-corrected chi connectivity index (χ3v) is 7.08. The molecule has 2 atom stereocenters. The number of rotatable bonds is 5. The minimum Gasteiger partial charge on any atom is -0.497 e. The molecule has 0 fully saturated rings. The summed E-state index contributed by atoms with van der Waals surface area (Å²) in [5.74, 6) is 1.56. The van der Waals surface area contributed by atoms with Crippen LogP contribution in [0.4, 0.5) is 11.4 Å². The third kappa shape index (κ3) is 4.24. The minimum atomic E-state index is -0.529. The van der Waals surface area contributed by atoms with E-state index in [4.69, 9.17) is 9.47 Å². The molecule has 184 valence electrons. The maximum Gasteiger partial charge on any atom is 0.227 e. The van der Waals surface area contributed by atoms with Gasteiger partial charge in [-0.3, -0.25) is 14.5 Å². The molecule has 0 saturated heterocycles. The highest BCUT2D eigenvalue weighted by Gasteiger charge is 2.41. The first-order valence-electron chi connectivity index (χ1n) is 12.3. The molecule has 1 amide bonds. The van der Waals surface area contributed by atoms with Crippen LogP contribution in [0.25, 0.3) is 0 Å². The fourth-order valence-electron chi connectivity index (χ4n) is 5.25. The van der Waals surface area contributed by atoms with E-state index in [9.17, 15) is 9.59 Å². The highest BCUT2D eigenvalue weighted by atomic mass is 16.5. The average molecular weight is 483 g/mol. The Bertz CT molecular complexity index is 1310. The lowest BCUT2D eigenvalue weighted by molar-refractivity contribution is -0.119. The van der Waals surface area contributed by atoms with Crippen LogP contribution < -0.4 is 19.7 Å². The Morgan fingerprint density at radius 1 is 0.889 bits per heavy atom. The zero-order chi connectivity index (χ0) is 25.2. The minimum absolute atomic E-state index is 0.0340. The maximum atomic E-state index is 13.9. The predicted octanol–water partition coefficient (Wildman–Crippen LogP) is 6.01. The number of benzene rings is 3. The molecule has 2 aliphatic rings. The molecule has 1 heterocycles. The van der Waals surface area contributed by atoms with E-state index < -0.39 is 6.04 Å². The van der Waals surface area contributed by atoms with Gasteiger partial charge in [0.1, 0.15) is 11.5 Å². The molecule has 1 N–H and O–H groups in total. The number of hydrogen-bond acceptors (Lipinski definition) is 5. The number of Topliss-reactive ketones (excluding diaryl/α,β-unsaturated/α-hetero) is 1. The molecule has 6 heteroatoms. The smallest absolute Gasteiger partial charge is 0.227 e. The molecule has 6 nitrogen and oxygen atoms in total. The van der Waals surface area contributed by atoms with Gasteiger partial charge in [-0.25, -0.2) is 0 Å². The van der Waals surface area contributed by atoms with Crippen molar-refractivity contribution >= 4 is 23.1 Å². The van der Waals surface area contributed by atoms with Gasteiger partial charge in [0, 0.05) is 24.1 Å². The van der Waals surface area contributed by atoms with Crippen LogP contribution in [-0.4, -0.2) is 25.9 Å². The van der Waals surface area contributed by atoms with Crippen molar-refractivity contribution in [2.24, 2.45) is 0 Å². The molecule has 0 spiro atoms. The van der Waals surface area contributed by atoms with Crippen LogP contribution in [-0.2, 0) is 9.59 Å². The van der Waals surface area contributed by atoms with Crippen molar-refractivity contribution in [2.75, 3.05) is 24.4 Å². The Kier molecular flexibility index (Phi) is 6.51. The van der Waals surface area contributed by atoms with Gasteiger partial charge in [-0.05, 0) is 59.9 Å². The second-order valence-electron chi connectivity index (χ2n) is 9.13. The second kappa shape index (κ2) is 9.90. The van der Waals surface area contributed by atoms with Crippen molar-refractivity contribution in [3.63, 3.8) is 0 Å². The Hall–Kier alpha value is -4.06. The summed E-state index contributed by atoms with van der Waals surface area (Å²) in [6, 6.07) is 22.8. The van der Waals surface area contributed by atoms with Gasteiger partial charge in [-0.15, -0.1) is 0 Å². The normalized spacial score (nSPS) is 19.1. The number of ketones is 1. The summed E-state index contributed by atoms with van der Waals surface area (Å²) in [6.07, 6.45) is 1.37. The average Bonchev–Trinajstić information content (AvgIpc) is 3.07. The quantitative estimate of drug-likeness (QED) is 0.482. The lowest BCUT2D eigenvalue weighted by Crippen LogP contribution is -2.38. The maximum absolute atomic E-state index is 13.9. The summed E-state index contributed by atoms with van der Waals surface area (Å²) in [7, 11) is 3.27. The van der Waals surface area contributed by atoms with E-state index in [0.717, 1.165) is 39.7 Å². The zero-order valence-electron chi connectivity index (χ0n) is 20.8. The second-order valence-corrected chi connectivity index (χ2v) is 9.13. The molecule has 1 aliphatic heterocycles. The molecule has 1 aliphatic carbocycles. The summed E-state index contributed by atoms with van der Waals surface area (Å²) in [5, 5.41) is 3.56. The van der Waals surface area contributed by atoms with Gasteiger partial charge in [-0.2, -0.15) is 0 Å². The number of para-hydroxylation sites is 2. The van der Waals surface area contributed by atoms with Crippen LogP contribution >= 0.6 is 0 Å². The lowest BCUT2D eigenvalue weighted by Gasteiger charge is -2.35. The highest BCUT2D eigenvalue weighted by Crippen LogP contribution is 2.47. The zero-order valence-corrected chi connectivity index (χ0v) is 20.8. The lowest BCUT2D eigenvalue weighted by atomic mass is 9.78. The Morgan fingerprint density at radius 2 is 1.50 bits per heavy atom. The number of hydrogen-bond donors (Lipinski definition) is 1. The first-order valence-corrected chi connectivity index (χ1v) is 12.3. The Labute approximate surface area is 211 Å². The van der Waals surface area contributed by atoms with Crippen LogP contribution in [0.3, 0.4) is 0 Å². The molecule has 0 aromatic heterocycles. The molecule has 36 heavy (non-hydrogen) atoms. The van der Waals surface area contributed by atoms with Gasteiger partial charge in [0.25, 0.3) is 0 Å². The first kappa shape index (κ1) is 23.7. The van der Waals surface area contributed by atoms with Crippen LogP contribution in [0.5, 0.6) is 11.5 Å². The number of nitrogens with zero attached hydrogens (tertiary/aromatic N) is 1. The van der Waals surface area contributed by atoms with E-state index in [-0.39, 0.29) is 17.6 Å². The summed E-state index contributed by atoms with van der Waals surface area (Å²) in [4.78, 5) is 29.2. The molecule has 0 radical (unpaired) electrons. The number of anilines is 2. The van der Waals surface area contributed by atoms with Crippen molar-refractivity contribution in [3.8, 4) is 11.5 Å². The topological polar surface area (TPSA) is 67.9 Å². The van der Waals surface area contributed by atoms with Gasteiger partial charge in [0.15, 0.2) is 5.78 Å². The van der Waals surface area contributed by atoms with Crippen LogP contribution in [0.15, 0.2) is 84.1 Å². The molecule has 0 bridgehead atoms. The Morgan fingerprint density at radius 3 is 2.11 bits per heavy atom. The summed E-state index contributed by atoms with van der Waals surface area (Å²) in [6.45, 7) is 1.85. The summed E-state index contributed by atoms with van der Waals surface area (Å²) >= 11 is 0. The number of nitrogens with one attached hydrogen (secondary N) is 1. The van der Waals surface area contributed by atoms with Crippen molar-refractivity contribution in [1.29, 1.82) is 0 Å². The van der Waals surface area contributed by atoms with Gasteiger partial charge < -0.3 is 14.8 Å². The molecule has 3 aromatic carbocycles. The summed E-state index contributed by atoms with van der Waals surface area (Å²) < 4.78 is 10.7. The molecule has 5 rings (SSSR count). The predicted molar refractivity (Wildman–Crippen MR) is 141 cm³/mol. The van der Waals surface area contributed by atoms with E-state index in [1.165, 1.54) is 0 Å². The first-order chi connectivity index (χ1) is 17.5. The molecular weight excluding hydrogens is 452 g/mol. The number of fused-ring (bicyclic) bond motifs is 1. The van der Waals surface area contributed by atoms with Crippen molar-refractivity contribution in [2.45, 2.75) is 38.1 Å². The van der Waals surface area contributed by atoms with E-state index in [1.54, 1.807) is 19.1 Å². The standard InChI is InChI=1S/C30H30N2O4/c1-4-28(34)32-26-8-6-5-7-24(26)31-25-17-21(19-9-13-22(35-2)14-10-19)18-27(33)29(25)30(32)20-11-15-23(36-3)16-12-20/h5-16,21,30-31H,4,17-18H2,1-3H3/t21-,30-/m1/s1. The van der Waals surface area contributed by atoms with Crippen molar-refractivity contribution in [3.05, 3.63) is 95.2 Å². The number of carbonyl (C=O) groups excluding carboxylic acids is 2. The number of carbonyl (C=O) groups is 2. The van der Waals surface area contributed by atoms with Gasteiger partial charge in [0.2, 0.25) is 5.91 Å². The van der Waals surface area contributed by atoms with Gasteiger partial charge in [0.05, 0.1) is 31.6 Å². The fourth-order valence-corrected chi connectivity index (χ4v) is 5.25. The fraction of sp³-hybridized carbons (Fsp3) is 0.267. The Balaban J connectivity index is 1.66. The van der Waals surface area contributed by atoms with Crippen LogP contribution in [0, 0.1) is 0 Å². The molecular formula is C30H30N2O4. The van der Waals surface area contributed by atoms with Crippen LogP contribution in [0.2, 0.25) is 0 Å². The molecule has 0 saturated carbocycles. The van der Waals surface area contributed by atoms with Crippen LogP contribution in [0.1, 0.15) is 49.3 Å². The van der Waals surface area contributed by atoms with E-state index in [1.807, 2.05) is 79.7 Å². The largest absolute Gasteiger partial charge is 0.497 e. The van der Waals surface area contributed by atoms with Gasteiger partial charge in [-0.1, -0.05) is 43.3 Å². The van der Waals surface area contributed by atoms with Gasteiger partial charge >= 0.3 is 0 Å². The van der Waals surface area contributed by atoms with E-state index in [2.05, 4.69) is 5.32 Å². The number of methoxy groups -OCH3 is 2. The SMILES string of the molecule is CCC(=O)N1c2ccccc2NC2=C(C(=O)C[C@H](c3ccc(OC)cc3)C2)[C@H]1c1ccc(OC)cc1. The molecule has 0 unspecified atom stereocenters. The summed E-state index contributed by atoms with van der Waals surface area (Å²) in [5.41, 5.74) is 5.09. The van der Waals surface area contributed by atoms with Crippen molar-refractivity contribution < 1.29 is 19.1 Å². The van der Waals surface area contributed by atoms with Crippen molar-refractivity contribution in [1.82, 2.24) is 0 Å². The third-order valence-electron chi connectivity index (χ3n) is 7.08. The number of allylic oxidation sites excluding steroid dienone is 1.